The maximum Gasteiger partial charge on any atom is 0.261 e. The van der Waals surface area contributed by atoms with Crippen LogP contribution in [-0.2, 0) is 19.4 Å². The van der Waals surface area contributed by atoms with Crippen LogP contribution in [0.5, 0.6) is 0 Å². The van der Waals surface area contributed by atoms with Crippen molar-refractivity contribution >= 4 is 11.6 Å². The highest BCUT2D eigenvalue weighted by molar-refractivity contribution is 6.04. The summed E-state index contributed by atoms with van der Waals surface area (Å²) in [5, 5.41) is 7.08. The maximum absolute atomic E-state index is 12.7. The van der Waals surface area contributed by atoms with E-state index < -0.39 is 5.91 Å². The monoisotopic (exact) mass is 376 g/mol. The average molecular weight is 376 g/mol. The van der Waals surface area contributed by atoms with Crippen LogP contribution >= 0.6 is 0 Å². The Morgan fingerprint density at radius 2 is 2.07 bits per heavy atom. The normalized spacial score (nSPS) is 15.1. The van der Waals surface area contributed by atoms with Gasteiger partial charge in [0.2, 0.25) is 0 Å². The van der Waals surface area contributed by atoms with Crippen molar-refractivity contribution in [2.75, 3.05) is 5.32 Å². The first-order chi connectivity index (χ1) is 13.4. The van der Waals surface area contributed by atoms with Crippen molar-refractivity contribution in [3.05, 3.63) is 81.5 Å². The molecule has 0 fully saturated rings. The molecule has 0 saturated carbocycles. The van der Waals surface area contributed by atoms with Gasteiger partial charge in [-0.3, -0.25) is 14.3 Å². The summed E-state index contributed by atoms with van der Waals surface area (Å²) >= 11 is 0. The summed E-state index contributed by atoms with van der Waals surface area (Å²) in [5.41, 5.74) is 3.69. The fourth-order valence-corrected chi connectivity index (χ4v) is 3.71. The zero-order valence-electron chi connectivity index (χ0n) is 16.2. The van der Waals surface area contributed by atoms with Crippen LogP contribution in [0.2, 0.25) is 0 Å². The highest BCUT2D eigenvalue weighted by Gasteiger charge is 2.27. The average Bonchev–Trinajstić information content (AvgIpc) is 3.08. The lowest BCUT2D eigenvalue weighted by atomic mass is 9.76. The van der Waals surface area contributed by atoms with Gasteiger partial charge < -0.3 is 10.3 Å². The number of nitrogens with one attached hydrogen (secondary N) is 2. The molecule has 3 aromatic rings. The molecule has 0 aliphatic heterocycles. The van der Waals surface area contributed by atoms with Crippen molar-refractivity contribution in [2.24, 2.45) is 5.41 Å². The Bertz CT molecular complexity index is 1060. The zero-order valence-corrected chi connectivity index (χ0v) is 16.2. The van der Waals surface area contributed by atoms with E-state index in [2.05, 4.69) is 29.2 Å². The summed E-state index contributed by atoms with van der Waals surface area (Å²) < 4.78 is 1.75. The molecule has 1 aliphatic rings. The number of fused-ring (bicyclic) bond motifs is 1. The zero-order chi connectivity index (χ0) is 19.7. The number of carbonyl (C=O) groups is 1. The summed E-state index contributed by atoms with van der Waals surface area (Å²) in [6, 6.07) is 11.7. The van der Waals surface area contributed by atoms with Crippen molar-refractivity contribution in [3.63, 3.8) is 0 Å². The number of H-pyrrole nitrogens is 1. The van der Waals surface area contributed by atoms with Crippen molar-refractivity contribution in [2.45, 2.75) is 39.7 Å². The van der Waals surface area contributed by atoms with E-state index in [0.29, 0.717) is 12.2 Å². The van der Waals surface area contributed by atoms with Gasteiger partial charge in [-0.15, -0.1) is 0 Å². The Labute approximate surface area is 163 Å². The van der Waals surface area contributed by atoms with E-state index in [1.165, 1.54) is 0 Å². The van der Waals surface area contributed by atoms with Gasteiger partial charge in [-0.2, -0.15) is 5.10 Å². The molecule has 0 unspecified atom stereocenters. The predicted molar refractivity (Wildman–Crippen MR) is 109 cm³/mol. The van der Waals surface area contributed by atoms with Gasteiger partial charge in [0.05, 0.1) is 18.4 Å². The summed E-state index contributed by atoms with van der Waals surface area (Å²) in [7, 11) is 0. The number of rotatable bonds is 4. The first-order valence-electron chi connectivity index (χ1n) is 9.52. The molecule has 144 valence electrons. The molecule has 1 aromatic carbocycles. The molecular formula is C22H24N4O2. The molecule has 0 bridgehead atoms. The van der Waals surface area contributed by atoms with E-state index in [4.69, 9.17) is 0 Å². The van der Waals surface area contributed by atoms with Gasteiger partial charge in [0.15, 0.2) is 0 Å². The number of aromatic amines is 1. The van der Waals surface area contributed by atoms with Gasteiger partial charge in [0.1, 0.15) is 5.56 Å². The van der Waals surface area contributed by atoms with Gasteiger partial charge in [-0.05, 0) is 41.9 Å². The molecule has 2 heterocycles. The molecule has 0 saturated heterocycles. The highest BCUT2D eigenvalue weighted by atomic mass is 16.2. The molecule has 0 spiro atoms. The molecule has 6 nitrogen and oxygen atoms in total. The fraction of sp³-hybridized carbons (Fsp3) is 0.318. The Kier molecular flexibility index (Phi) is 4.63. The number of aryl methyl sites for hydroxylation is 1. The van der Waals surface area contributed by atoms with Crippen molar-refractivity contribution in [1.82, 2.24) is 14.8 Å². The molecule has 1 aliphatic carbocycles. The largest absolute Gasteiger partial charge is 0.325 e. The quantitative estimate of drug-likeness (QED) is 0.732. The van der Waals surface area contributed by atoms with E-state index in [-0.39, 0.29) is 16.5 Å². The fourth-order valence-electron chi connectivity index (χ4n) is 3.71. The third-order valence-electron chi connectivity index (χ3n) is 5.26. The second kappa shape index (κ2) is 7.11. The third kappa shape index (κ3) is 3.91. The minimum Gasteiger partial charge on any atom is -0.325 e. The SMILES string of the molecule is CC1(C)CCc2[nH]c(=O)c(C(=O)Nc3cnn(Cc4ccccc4)c3)cc2C1. The molecule has 0 radical (unpaired) electrons. The molecule has 0 atom stereocenters. The predicted octanol–water partition coefficient (Wildman–Crippen LogP) is 3.39. The lowest BCUT2D eigenvalue weighted by molar-refractivity contribution is 0.102. The number of hydrogen-bond donors (Lipinski definition) is 2. The number of hydrogen-bond acceptors (Lipinski definition) is 3. The van der Waals surface area contributed by atoms with E-state index in [9.17, 15) is 9.59 Å². The van der Waals surface area contributed by atoms with Crippen LogP contribution < -0.4 is 10.9 Å². The number of anilines is 1. The van der Waals surface area contributed by atoms with E-state index in [0.717, 1.165) is 36.1 Å². The van der Waals surface area contributed by atoms with E-state index >= 15 is 0 Å². The van der Waals surface area contributed by atoms with Gasteiger partial charge in [-0.1, -0.05) is 44.2 Å². The summed E-state index contributed by atoms with van der Waals surface area (Å²) in [5.74, 6) is -0.410. The summed E-state index contributed by atoms with van der Waals surface area (Å²) in [4.78, 5) is 28.0. The van der Waals surface area contributed by atoms with Crippen molar-refractivity contribution in [1.29, 1.82) is 0 Å². The van der Waals surface area contributed by atoms with Crippen LogP contribution in [-0.4, -0.2) is 20.7 Å². The van der Waals surface area contributed by atoms with Crippen LogP contribution in [0.4, 0.5) is 5.69 Å². The summed E-state index contributed by atoms with van der Waals surface area (Å²) in [6.07, 6.45) is 6.08. The standard InChI is InChI=1S/C22H24N4O2/c1-22(2)9-8-19-16(11-22)10-18(21(28)25-19)20(27)24-17-12-23-26(14-17)13-15-6-4-3-5-7-15/h3-7,10,12,14H,8-9,11,13H2,1-2H3,(H,24,27)(H,25,28). The van der Waals surface area contributed by atoms with Crippen LogP contribution in [0.1, 0.15) is 47.4 Å². The van der Waals surface area contributed by atoms with E-state index in [1.807, 2.05) is 30.3 Å². The molecule has 2 N–H and O–H groups in total. The first kappa shape index (κ1) is 18.2. The molecule has 2 aromatic heterocycles. The summed E-state index contributed by atoms with van der Waals surface area (Å²) in [6.45, 7) is 5.04. The number of amides is 1. The Morgan fingerprint density at radius 3 is 2.86 bits per heavy atom. The van der Waals surface area contributed by atoms with Crippen LogP contribution in [0, 0.1) is 5.41 Å². The van der Waals surface area contributed by atoms with Gasteiger partial charge in [0.25, 0.3) is 11.5 Å². The van der Waals surface area contributed by atoms with Crippen LogP contribution in [0.25, 0.3) is 0 Å². The topological polar surface area (TPSA) is 79.8 Å². The molecule has 28 heavy (non-hydrogen) atoms. The number of nitrogens with zero attached hydrogens (tertiary/aromatic N) is 2. The van der Waals surface area contributed by atoms with Gasteiger partial charge in [0, 0.05) is 11.9 Å². The highest BCUT2D eigenvalue weighted by Crippen LogP contribution is 2.33. The van der Waals surface area contributed by atoms with Crippen molar-refractivity contribution < 1.29 is 4.79 Å². The molecule has 1 amide bonds. The molecule has 6 heteroatoms. The van der Waals surface area contributed by atoms with Gasteiger partial charge >= 0.3 is 0 Å². The minimum absolute atomic E-state index is 0.146. The first-order valence-corrected chi connectivity index (χ1v) is 9.52. The van der Waals surface area contributed by atoms with Gasteiger partial charge in [-0.25, -0.2) is 0 Å². The Hall–Kier alpha value is -3.15. The second-order valence-electron chi connectivity index (χ2n) is 8.22. The van der Waals surface area contributed by atoms with Crippen LogP contribution in [0.3, 0.4) is 0 Å². The number of benzene rings is 1. The number of carbonyl (C=O) groups excluding carboxylic acids is 1. The minimum atomic E-state index is -0.410. The van der Waals surface area contributed by atoms with Crippen molar-refractivity contribution in [3.8, 4) is 0 Å². The molecular weight excluding hydrogens is 352 g/mol. The maximum atomic E-state index is 12.7. The van der Waals surface area contributed by atoms with E-state index in [1.54, 1.807) is 23.1 Å². The number of aromatic nitrogens is 3. The molecule has 4 rings (SSSR count). The third-order valence-corrected chi connectivity index (χ3v) is 5.26. The van der Waals surface area contributed by atoms with Crippen LogP contribution in [0.15, 0.2) is 53.6 Å². The Balaban J connectivity index is 1.51. The smallest absolute Gasteiger partial charge is 0.261 e. The lowest BCUT2D eigenvalue weighted by Crippen LogP contribution is -2.29. The lowest BCUT2D eigenvalue weighted by Gasteiger charge is -2.31. The Morgan fingerprint density at radius 1 is 1.29 bits per heavy atom. The number of pyridine rings is 1. The second-order valence-corrected chi connectivity index (χ2v) is 8.22.